The Morgan fingerprint density at radius 1 is 1.41 bits per heavy atom. The Morgan fingerprint density at radius 3 is 3.06 bits per heavy atom. The predicted molar refractivity (Wildman–Crippen MR) is 65.7 cm³/mol. The lowest BCUT2D eigenvalue weighted by Crippen LogP contribution is -2.28. The van der Waals surface area contributed by atoms with Gasteiger partial charge in [-0.05, 0) is 39.2 Å². The van der Waals surface area contributed by atoms with Crippen molar-refractivity contribution in [2.75, 3.05) is 13.2 Å². The lowest BCUT2D eigenvalue weighted by Gasteiger charge is -2.23. The molecule has 0 spiro atoms. The fourth-order valence-corrected chi connectivity index (χ4v) is 2.86. The van der Waals surface area contributed by atoms with Crippen LogP contribution < -0.4 is 5.32 Å². The lowest BCUT2D eigenvalue weighted by molar-refractivity contribution is 0.0134. The molecule has 2 aliphatic rings. The average Bonchev–Trinajstić information content (AvgIpc) is 2.99. The van der Waals surface area contributed by atoms with Crippen molar-refractivity contribution >= 4 is 0 Å². The summed E-state index contributed by atoms with van der Waals surface area (Å²) >= 11 is 0. The molecule has 0 aliphatic carbocycles. The summed E-state index contributed by atoms with van der Waals surface area (Å²) in [6.07, 6.45) is 7.95. The van der Waals surface area contributed by atoms with Crippen molar-refractivity contribution in [2.24, 2.45) is 0 Å². The van der Waals surface area contributed by atoms with Gasteiger partial charge in [-0.1, -0.05) is 6.42 Å². The van der Waals surface area contributed by atoms with Crippen LogP contribution in [0, 0.1) is 0 Å². The van der Waals surface area contributed by atoms with Gasteiger partial charge in [-0.3, -0.25) is 0 Å². The number of H-pyrrole nitrogens is 1. The SMILES string of the molecule is CC1(c2cnc(C3CCCCN3)[nH]2)CCCO1. The Balaban J connectivity index is 1.77. The standard InChI is InChI=1S/C13H21N3O/c1-13(6-4-8-17-13)11-9-15-12(16-11)10-5-2-3-7-14-10/h9-10,14H,2-8H2,1H3,(H,15,16). The number of nitrogens with one attached hydrogen (secondary N) is 2. The Bertz CT molecular complexity index is 376. The van der Waals surface area contributed by atoms with Gasteiger partial charge in [0.05, 0.1) is 17.9 Å². The van der Waals surface area contributed by atoms with Crippen LogP contribution >= 0.6 is 0 Å². The van der Waals surface area contributed by atoms with Crippen LogP contribution in [0.15, 0.2) is 6.20 Å². The number of imidazole rings is 1. The summed E-state index contributed by atoms with van der Waals surface area (Å²) in [6, 6.07) is 0.405. The number of hydrogen-bond acceptors (Lipinski definition) is 3. The molecule has 3 rings (SSSR count). The van der Waals surface area contributed by atoms with Crippen LogP contribution in [0.1, 0.15) is 56.6 Å². The van der Waals surface area contributed by atoms with Crippen LogP contribution in [0.2, 0.25) is 0 Å². The Morgan fingerprint density at radius 2 is 2.35 bits per heavy atom. The quantitative estimate of drug-likeness (QED) is 0.826. The summed E-state index contributed by atoms with van der Waals surface area (Å²) in [6.45, 7) is 4.13. The van der Waals surface area contributed by atoms with Crippen LogP contribution in [-0.4, -0.2) is 23.1 Å². The van der Waals surface area contributed by atoms with Gasteiger partial charge in [0, 0.05) is 6.61 Å². The van der Waals surface area contributed by atoms with E-state index < -0.39 is 0 Å². The number of hydrogen-bond donors (Lipinski definition) is 2. The van der Waals surface area contributed by atoms with Crippen molar-refractivity contribution in [3.05, 3.63) is 17.7 Å². The van der Waals surface area contributed by atoms with Gasteiger partial charge >= 0.3 is 0 Å². The van der Waals surface area contributed by atoms with E-state index in [4.69, 9.17) is 4.74 Å². The number of rotatable bonds is 2. The van der Waals surface area contributed by atoms with Crippen LogP contribution in [0.3, 0.4) is 0 Å². The Hall–Kier alpha value is -0.870. The van der Waals surface area contributed by atoms with Gasteiger partial charge in [-0.2, -0.15) is 0 Å². The molecule has 0 amide bonds. The number of nitrogens with zero attached hydrogens (tertiary/aromatic N) is 1. The molecular weight excluding hydrogens is 214 g/mol. The Labute approximate surface area is 102 Å². The number of aromatic amines is 1. The summed E-state index contributed by atoms with van der Waals surface area (Å²) in [4.78, 5) is 8.00. The molecule has 2 aliphatic heterocycles. The van der Waals surface area contributed by atoms with E-state index in [1.807, 2.05) is 6.20 Å². The lowest BCUT2D eigenvalue weighted by atomic mass is 9.99. The molecule has 2 unspecified atom stereocenters. The van der Waals surface area contributed by atoms with Gasteiger partial charge in [0.1, 0.15) is 11.4 Å². The largest absolute Gasteiger partial charge is 0.369 e. The highest BCUT2D eigenvalue weighted by Crippen LogP contribution is 2.35. The van der Waals surface area contributed by atoms with Crippen LogP contribution in [-0.2, 0) is 10.3 Å². The first-order valence-electron chi connectivity index (χ1n) is 6.71. The molecule has 4 nitrogen and oxygen atoms in total. The molecule has 0 aromatic carbocycles. The van der Waals surface area contributed by atoms with E-state index in [1.54, 1.807) is 0 Å². The molecular formula is C13H21N3O. The molecule has 3 heterocycles. The van der Waals surface area contributed by atoms with E-state index in [2.05, 4.69) is 22.2 Å². The van der Waals surface area contributed by atoms with Crippen molar-refractivity contribution in [3.8, 4) is 0 Å². The predicted octanol–water partition coefficient (Wildman–Crippen LogP) is 2.25. The minimum atomic E-state index is -0.139. The first-order valence-corrected chi connectivity index (χ1v) is 6.71. The highest BCUT2D eigenvalue weighted by Gasteiger charge is 2.34. The van der Waals surface area contributed by atoms with Gasteiger partial charge in [0.2, 0.25) is 0 Å². The van der Waals surface area contributed by atoms with E-state index >= 15 is 0 Å². The van der Waals surface area contributed by atoms with Gasteiger partial charge in [0.25, 0.3) is 0 Å². The highest BCUT2D eigenvalue weighted by molar-refractivity contribution is 5.14. The molecule has 2 saturated heterocycles. The summed E-state index contributed by atoms with van der Waals surface area (Å²) < 4.78 is 5.84. The molecule has 2 atom stereocenters. The molecule has 0 radical (unpaired) electrons. The van der Waals surface area contributed by atoms with Gasteiger partial charge in [0.15, 0.2) is 0 Å². The minimum absolute atomic E-state index is 0.139. The second kappa shape index (κ2) is 4.42. The fourth-order valence-electron chi connectivity index (χ4n) is 2.86. The zero-order valence-corrected chi connectivity index (χ0v) is 10.5. The fraction of sp³-hybridized carbons (Fsp3) is 0.769. The number of ether oxygens (including phenoxy) is 1. The molecule has 1 aromatic rings. The Kier molecular flexibility index (Phi) is 2.92. The van der Waals surface area contributed by atoms with Crippen LogP contribution in [0.4, 0.5) is 0 Å². The molecule has 2 fully saturated rings. The summed E-state index contributed by atoms with van der Waals surface area (Å²) in [5, 5.41) is 3.52. The van der Waals surface area contributed by atoms with Gasteiger partial charge < -0.3 is 15.0 Å². The summed E-state index contributed by atoms with van der Waals surface area (Å²) in [5.74, 6) is 1.08. The van der Waals surface area contributed by atoms with Crippen molar-refractivity contribution < 1.29 is 4.74 Å². The zero-order valence-electron chi connectivity index (χ0n) is 10.5. The topological polar surface area (TPSA) is 49.9 Å². The normalized spacial score (nSPS) is 34.1. The second-order valence-corrected chi connectivity index (χ2v) is 5.37. The van der Waals surface area contributed by atoms with Crippen LogP contribution in [0.25, 0.3) is 0 Å². The van der Waals surface area contributed by atoms with Crippen molar-refractivity contribution in [3.63, 3.8) is 0 Å². The molecule has 17 heavy (non-hydrogen) atoms. The molecule has 4 heteroatoms. The third-order valence-corrected chi connectivity index (χ3v) is 4.02. The van der Waals surface area contributed by atoms with Gasteiger partial charge in [-0.25, -0.2) is 4.98 Å². The molecule has 0 saturated carbocycles. The van der Waals surface area contributed by atoms with Crippen LogP contribution in [0.5, 0.6) is 0 Å². The third kappa shape index (κ3) is 2.11. The summed E-state index contributed by atoms with van der Waals surface area (Å²) in [7, 11) is 0. The molecule has 0 bridgehead atoms. The van der Waals surface area contributed by atoms with Crippen molar-refractivity contribution in [1.29, 1.82) is 0 Å². The maximum absolute atomic E-state index is 5.84. The smallest absolute Gasteiger partial charge is 0.123 e. The molecule has 1 aromatic heterocycles. The molecule has 2 N–H and O–H groups in total. The van der Waals surface area contributed by atoms with Crippen molar-refractivity contribution in [2.45, 2.75) is 50.7 Å². The van der Waals surface area contributed by atoms with E-state index in [9.17, 15) is 0 Å². The monoisotopic (exact) mass is 235 g/mol. The third-order valence-electron chi connectivity index (χ3n) is 4.02. The van der Waals surface area contributed by atoms with Gasteiger partial charge in [-0.15, -0.1) is 0 Å². The minimum Gasteiger partial charge on any atom is -0.369 e. The first kappa shape index (κ1) is 11.2. The second-order valence-electron chi connectivity index (χ2n) is 5.37. The number of piperidine rings is 1. The van der Waals surface area contributed by atoms with E-state index in [1.165, 1.54) is 19.3 Å². The van der Waals surface area contributed by atoms with E-state index in [0.29, 0.717) is 6.04 Å². The number of aromatic nitrogens is 2. The maximum atomic E-state index is 5.84. The van der Waals surface area contributed by atoms with E-state index in [-0.39, 0.29) is 5.60 Å². The molecule has 94 valence electrons. The first-order chi connectivity index (χ1) is 8.28. The maximum Gasteiger partial charge on any atom is 0.123 e. The highest BCUT2D eigenvalue weighted by atomic mass is 16.5. The van der Waals surface area contributed by atoms with Crippen molar-refractivity contribution in [1.82, 2.24) is 15.3 Å². The average molecular weight is 235 g/mol. The zero-order chi connectivity index (χ0) is 11.7. The van der Waals surface area contributed by atoms with E-state index in [0.717, 1.165) is 37.5 Å². The summed E-state index contributed by atoms with van der Waals surface area (Å²) in [5.41, 5.74) is 0.997.